The van der Waals surface area contributed by atoms with Crippen molar-refractivity contribution in [2.45, 2.75) is 59.1 Å². The highest BCUT2D eigenvalue weighted by Gasteiger charge is 2.27. The van der Waals surface area contributed by atoms with E-state index in [1.807, 2.05) is 0 Å². The zero-order valence-corrected chi connectivity index (χ0v) is 12.4. The minimum atomic E-state index is -4.08. The van der Waals surface area contributed by atoms with Gasteiger partial charge in [0.25, 0.3) is 0 Å². The maximum absolute atomic E-state index is 12.1. The maximum Gasteiger partial charge on any atom is 0.389 e. The highest BCUT2D eigenvalue weighted by Crippen LogP contribution is 2.25. The van der Waals surface area contributed by atoms with Crippen LogP contribution in [0, 0.1) is 11.8 Å². The first kappa shape index (κ1) is 18.3. The van der Waals surface area contributed by atoms with E-state index < -0.39 is 12.6 Å². The van der Waals surface area contributed by atoms with Gasteiger partial charge in [0.2, 0.25) is 5.91 Å². The first-order chi connectivity index (χ1) is 8.61. The molecule has 19 heavy (non-hydrogen) atoms. The number of alkyl halides is 3. The van der Waals surface area contributed by atoms with Gasteiger partial charge >= 0.3 is 6.18 Å². The second kappa shape index (κ2) is 8.43. The van der Waals surface area contributed by atoms with Gasteiger partial charge in [0.15, 0.2) is 0 Å². The van der Waals surface area contributed by atoms with Gasteiger partial charge in [-0.25, -0.2) is 0 Å². The fourth-order valence-electron chi connectivity index (χ4n) is 1.70. The minimum absolute atomic E-state index is 0.0121. The summed E-state index contributed by atoms with van der Waals surface area (Å²) in [6, 6.07) is 0. The van der Waals surface area contributed by atoms with Crippen LogP contribution in [0.5, 0.6) is 0 Å². The van der Waals surface area contributed by atoms with E-state index >= 15 is 0 Å². The summed E-state index contributed by atoms with van der Waals surface area (Å²) < 4.78 is 36.2. The lowest BCUT2D eigenvalue weighted by Crippen LogP contribution is -2.28. The Bertz CT molecular complexity index is 264. The summed E-state index contributed by atoms with van der Waals surface area (Å²) in [4.78, 5) is 13.4. The van der Waals surface area contributed by atoms with Crippen molar-refractivity contribution in [2.24, 2.45) is 11.8 Å². The number of carbonyl (C=O) groups is 1. The molecule has 0 aliphatic carbocycles. The van der Waals surface area contributed by atoms with Gasteiger partial charge in [0.1, 0.15) is 0 Å². The number of amides is 1. The average Bonchev–Trinajstić information content (AvgIpc) is 2.29. The van der Waals surface area contributed by atoms with Gasteiger partial charge in [-0.3, -0.25) is 4.79 Å². The molecule has 0 radical (unpaired) electrons. The summed E-state index contributed by atoms with van der Waals surface area (Å²) in [6.07, 6.45) is -2.68. The van der Waals surface area contributed by atoms with Crippen LogP contribution < -0.4 is 0 Å². The first-order valence-corrected chi connectivity index (χ1v) is 6.92. The van der Waals surface area contributed by atoms with Crippen LogP contribution in [0.15, 0.2) is 0 Å². The highest BCUT2D eigenvalue weighted by atomic mass is 19.4. The van der Waals surface area contributed by atoms with Crippen LogP contribution in [0.25, 0.3) is 0 Å². The molecule has 1 amide bonds. The second-order valence-electron chi connectivity index (χ2n) is 5.80. The summed E-state index contributed by atoms with van der Waals surface area (Å²) in [5.41, 5.74) is 0. The van der Waals surface area contributed by atoms with E-state index in [1.54, 1.807) is 18.9 Å². The molecule has 0 saturated carbocycles. The summed E-state index contributed by atoms with van der Waals surface area (Å²) >= 11 is 0. The van der Waals surface area contributed by atoms with Crippen molar-refractivity contribution >= 4 is 5.91 Å². The number of nitrogens with zero attached hydrogens (tertiary/aromatic N) is 1. The largest absolute Gasteiger partial charge is 0.389 e. The highest BCUT2D eigenvalue weighted by molar-refractivity contribution is 5.75. The Labute approximate surface area is 114 Å². The van der Waals surface area contributed by atoms with Crippen LogP contribution in [-0.4, -0.2) is 30.6 Å². The molecule has 0 aromatic rings. The summed E-state index contributed by atoms with van der Waals surface area (Å²) in [7, 11) is 1.72. The van der Waals surface area contributed by atoms with Gasteiger partial charge in [0, 0.05) is 26.4 Å². The van der Waals surface area contributed by atoms with Gasteiger partial charge in [-0.05, 0) is 31.1 Å². The van der Waals surface area contributed by atoms with E-state index in [4.69, 9.17) is 0 Å². The third-order valence-electron chi connectivity index (χ3n) is 3.24. The SMILES string of the molecule is CC(C)CCC(=O)N(C)CCC(C)CCC(F)(F)F. The summed E-state index contributed by atoms with van der Waals surface area (Å²) in [5.74, 6) is 0.557. The Balaban J connectivity index is 3.82. The van der Waals surface area contributed by atoms with Crippen molar-refractivity contribution in [3.05, 3.63) is 0 Å². The molecule has 114 valence electrons. The fraction of sp³-hybridized carbons (Fsp3) is 0.929. The van der Waals surface area contributed by atoms with Gasteiger partial charge < -0.3 is 4.90 Å². The monoisotopic (exact) mass is 281 g/mol. The molecule has 0 heterocycles. The molecule has 0 spiro atoms. The normalized spacial score (nSPS) is 13.7. The topological polar surface area (TPSA) is 20.3 Å². The van der Waals surface area contributed by atoms with E-state index in [0.717, 1.165) is 6.42 Å². The zero-order valence-electron chi connectivity index (χ0n) is 12.4. The zero-order chi connectivity index (χ0) is 15.1. The second-order valence-corrected chi connectivity index (χ2v) is 5.80. The number of carbonyl (C=O) groups excluding carboxylic acids is 1. The Kier molecular flexibility index (Phi) is 8.11. The number of hydrogen-bond donors (Lipinski definition) is 0. The molecular weight excluding hydrogens is 255 g/mol. The lowest BCUT2D eigenvalue weighted by molar-refractivity contribution is -0.138. The van der Waals surface area contributed by atoms with E-state index in [0.29, 0.717) is 25.3 Å². The van der Waals surface area contributed by atoms with Gasteiger partial charge in [0.05, 0.1) is 0 Å². The molecule has 0 aliphatic rings. The Morgan fingerprint density at radius 2 is 1.68 bits per heavy atom. The first-order valence-electron chi connectivity index (χ1n) is 6.92. The smallest absolute Gasteiger partial charge is 0.346 e. The number of rotatable bonds is 8. The van der Waals surface area contributed by atoms with Crippen molar-refractivity contribution in [2.75, 3.05) is 13.6 Å². The molecule has 2 nitrogen and oxygen atoms in total. The van der Waals surface area contributed by atoms with Crippen LogP contribution in [0.1, 0.15) is 52.9 Å². The molecular formula is C14H26F3NO. The standard InChI is InChI=1S/C14H26F3NO/c1-11(2)5-6-13(19)18(4)10-8-12(3)7-9-14(15,16)17/h11-12H,5-10H2,1-4H3. The van der Waals surface area contributed by atoms with Gasteiger partial charge in [-0.1, -0.05) is 20.8 Å². The predicted octanol–water partition coefficient (Wildman–Crippen LogP) is 4.25. The van der Waals surface area contributed by atoms with Gasteiger partial charge in [-0.15, -0.1) is 0 Å². The molecule has 0 N–H and O–H groups in total. The van der Waals surface area contributed by atoms with E-state index in [1.165, 1.54) is 0 Å². The maximum atomic E-state index is 12.1. The van der Waals surface area contributed by atoms with Crippen molar-refractivity contribution in [1.82, 2.24) is 4.90 Å². The fourth-order valence-corrected chi connectivity index (χ4v) is 1.70. The molecule has 5 heteroatoms. The Morgan fingerprint density at radius 1 is 1.11 bits per heavy atom. The van der Waals surface area contributed by atoms with Crippen molar-refractivity contribution < 1.29 is 18.0 Å². The van der Waals surface area contributed by atoms with Crippen molar-refractivity contribution in [3.63, 3.8) is 0 Å². The van der Waals surface area contributed by atoms with Gasteiger partial charge in [-0.2, -0.15) is 13.2 Å². The van der Waals surface area contributed by atoms with Crippen LogP contribution >= 0.6 is 0 Å². The number of hydrogen-bond acceptors (Lipinski definition) is 1. The van der Waals surface area contributed by atoms with Crippen LogP contribution in [-0.2, 0) is 4.79 Å². The Hall–Kier alpha value is -0.740. The molecule has 0 saturated heterocycles. The molecule has 1 atom stereocenters. The molecule has 0 aromatic carbocycles. The Morgan fingerprint density at radius 3 is 2.16 bits per heavy atom. The van der Waals surface area contributed by atoms with Crippen LogP contribution in [0.3, 0.4) is 0 Å². The summed E-state index contributed by atoms with van der Waals surface area (Å²) in [6.45, 7) is 6.47. The molecule has 0 rings (SSSR count). The van der Waals surface area contributed by atoms with Crippen LogP contribution in [0.4, 0.5) is 13.2 Å². The molecule has 1 unspecified atom stereocenters. The van der Waals surface area contributed by atoms with E-state index in [-0.39, 0.29) is 18.2 Å². The lowest BCUT2D eigenvalue weighted by atomic mass is 10.0. The van der Waals surface area contributed by atoms with Crippen LogP contribution in [0.2, 0.25) is 0 Å². The molecule has 0 fully saturated rings. The molecule has 0 aromatic heterocycles. The molecule has 0 aliphatic heterocycles. The minimum Gasteiger partial charge on any atom is -0.346 e. The third kappa shape index (κ3) is 10.8. The number of halogens is 3. The van der Waals surface area contributed by atoms with Crippen molar-refractivity contribution in [1.29, 1.82) is 0 Å². The summed E-state index contributed by atoms with van der Waals surface area (Å²) in [5, 5.41) is 0. The van der Waals surface area contributed by atoms with E-state index in [9.17, 15) is 18.0 Å². The quantitative estimate of drug-likeness (QED) is 0.651. The van der Waals surface area contributed by atoms with Crippen molar-refractivity contribution in [3.8, 4) is 0 Å². The third-order valence-corrected chi connectivity index (χ3v) is 3.24. The lowest BCUT2D eigenvalue weighted by Gasteiger charge is -2.20. The predicted molar refractivity (Wildman–Crippen MR) is 70.8 cm³/mol. The average molecular weight is 281 g/mol. The van der Waals surface area contributed by atoms with E-state index in [2.05, 4.69) is 13.8 Å². The molecule has 0 bridgehead atoms.